The van der Waals surface area contributed by atoms with E-state index in [4.69, 9.17) is 0 Å². The van der Waals surface area contributed by atoms with Crippen LogP contribution in [-0.4, -0.2) is 11.9 Å². The minimum absolute atomic E-state index is 0. The minimum atomic E-state index is -4.66. The first-order valence-electron chi connectivity index (χ1n) is 6.48. The molecule has 0 unspecified atom stereocenters. The monoisotopic (exact) mass is 401 g/mol. The quantitative estimate of drug-likeness (QED) is 0.391. The van der Waals surface area contributed by atoms with Crippen molar-refractivity contribution in [3.63, 3.8) is 0 Å². The van der Waals surface area contributed by atoms with E-state index in [1.165, 1.54) is 48.5 Å². The molecule has 0 bridgehead atoms. The Balaban J connectivity index is 0. The Kier molecular flexibility index (Phi) is 14.2. The van der Waals surface area contributed by atoms with Gasteiger partial charge in [-0.25, -0.2) is 0 Å². The summed E-state index contributed by atoms with van der Waals surface area (Å²) >= 11 is 0. The molecule has 0 aliphatic carbocycles. The zero-order valence-electron chi connectivity index (χ0n) is 14.7. The maximum atomic E-state index is 12.1. The van der Waals surface area contributed by atoms with Gasteiger partial charge in [-0.05, 0) is 23.8 Å². The van der Waals surface area contributed by atoms with Gasteiger partial charge in [0.25, 0.3) is 5.91 Å². The van der Waals surface area contributed by atoms with Crippen LogP contribution in [0.3, 0.4) is 0 Å². The molecule has 1 amide bonds. The first-order valence-corrected chi connectivity index (χ1v) is 8.21. The normalized spacial score (nSPS) is 9.77. The Labute approximate surface area is 217 Å². The first-order chi connectivity index (χ1) is 10.8. The number of amides is 1. The molecule has 0 fully saturated rings. The third-order valence-corrected chi connectivity index (χ3v) is 3.73. The van der Waals surface area contributed by atoms with Gasteiger partial charge in [-0.3, -0.25) is 4.79 Å². The smallest absolute Gasteiger partial charge is 0.810 e. The van der Waals surface area contributed by atoms with Crippen molar-refractivity contribution >= 4 is 25.2 Å². The summed E-state index contributed by atoms with van der Waals surface area (Å²) in [5.74, 6) is -2.11. The summed E-state index contributed by atoms with van der Waals surface area (Å²) in [6.07, 6.45) is -0.616. The van der Waals surface area contributed by atoms with Gasteiger partial charge in [-0.15, -0.1) is 0 Å². The molecule has 26 heavy (non-hydrogen) atoms. The Morgan fingerprint density at radius 1 is 0.885 bits per heavy atom. The summed E-state index contributed by atoms with van der Waals surface area (Å²) in [6.45, 7) is 0. The van der Waals surface area contributed by atoms with Crippen LogP contribution in [0.2, 0.25) is 0 Å². The van der Waals surface area contributed by atoms with Crippen molar-refractivity contribution in [3.05, 3.63) is 65.2 Å². The molecular formula is C15H11NNa3O6P. The van der Waals surface area contributed by atoms with Gasteiger partial charge in [0.1, 0.15) is 0 Å². The third-order valence-electron chi connectivity index (χ3n) is 2.98. The molecule has 0 radical (unpaired) electrons. The van der Waals surface area contributed by atoms with Gasteiger partial charge in [0, 0.05) is 23.0 Å². The molecule has 2 aromatic rings. The predicted molar refractivity (Wildman–Crippen MR) is 76.5 cm³/mol. The summed E-state index contributed by atoms with van der Waals surface area (Å²) < 4.78 is 10.7. The fourth-order valence-corrected chi connectivity index (χ4v) is 2.63. The van der Waals surface area contributed by atoms with Crippen molar-refractivity contribution < 1.29 is 118 Å². The van der Waals surface area contributed by atoms with Crippen LogP contribution in [0.15, 0.2) is 48.5 Å². The van der Waals surface area contributed by atoms with E-state index in [0.29, 0.717) is 11.3 Å². The number of hydrogen-bond donors (Lipinski definition) is 1. The van der Waals surface area contributed by atoms with E-state index < -0.39 is 25.6 Å². The summed E-state index contributed by atoms with van der Waals surface area (Å²) in [5, 5.41) is 13.5. The van der Waals surface area contributed by atoms with Gasteiger partial charge < -0.3 is 29.6 Å². The maximum absolute atomic E-state index is 12.1. The SMILES string of the molecule is O=C([O-])c1ccccc1C(=O)Nc1ccc(CP(=O)([O-])[O-])cc1.[Na+].[Na+].[Na+]. The number of hydrogen-bond acceptors (Lipinski definition) is 6. The van der Waals surface area contributed by atoms with Gasteiger partial charge in [0.05, 0.1) is 5.97 Å². The standard InChI is InChI=1S/C15H14NO6P.3Na/c17-14(12-3-1-2-4-13(12)15(18)19)16-11-7-5-10(6-8-11)9-23(20,21)22;;;/h1-8H,9H2,(H,16,17)(H,18,19)(H2,20,21,22);;;/q;3*+1/p-3. The first kappa shape index (κ1) is 28.7. The fourth-order valence-electron chi connectivity index (χ4n) is 1.97. The molecule has 0 heterocycles. The van der Waals surface area contributed by atoms with Crippen LogP contribution in [0, 0.1) is 0 Å². The Bertz CT molecular complexity index is 794. The van der Waals surface area contributed by atoms with Crippen molar-refractivity contribution in [1.82, 2.24) is 0 Å². The van der Waals surface area contributed by atoms with E-state index in [1.807, 2.05) is 0 Å². The van der Waals surface area contributed by atoms with Crippen LogP contribution in [0.4, 0.5) is 5.69 Å². The molecule has 2 rings (SSSR count). The predicted octanol–water partition coefficient (Wildman–Crippen LogP) is -9.27. The van der Waals surface area contributed by atoms with E-state index in [2.05, 4.69) is 5.32 Å². The second-order valence-corrected chi connectivity index (χ2v) is 6.29. The molecule has 0 saturated heterocycles. The van der Waals surface area contributed by atoms with E-state index in [-0.39, 0.29) is 99.8 Å². The summed E-state index contributed by atoms with van der Waals surface area (Å²) in [5.41, 5.74) is 0.338. The van der Waals surface area contributed by atoms with Crippen LogP contribution in [0.1, 0.15) is 26.3 Å². The molecule has 2 aromatic carbocycles. The second kappa shape index (κ2) is 12.9. The number of aromatic carboxylic acids is 1. The molecule has 0 atom stereocenters. The van der Waals surface area contributed by atoms with Gasteiger partial charge in [0.15, 0.2) is 0 Å². The number of anilines is 1. The van der Waals surface area contributed by atoms with Gasteiger partial charge in [0.2, 0.25) is 0 Å². The van der Waals surface area contributed by atoms with Crippen LogP contribution < -0.4 is 109 Å². The van der Waals surface area contributed by atoms with Crippen molar-refractivity contribution in [2.45, 2.75) is 6.16 Å². The summed E-state index contributed by atoms with van der Waals surface area (Å²) in [4.78, 5) is 44.5. The van der Waals surface area contributed by atoms with Crippen molar-refractivity contribution in [1.29, 1.82) is 0 Å². The van der Waals surface area contributed by atoms with Crippen LogP contribution in [0.5, 0.6) is 0 Å². The van der Waals surface area contributed by atoms with E-state index in [1.54, 1.807) is 0 Å². The largest absolute Gasteiger partial charge is 1.00 e. The average molecular weight is 401 g/mol. The van der Waals surface area contributed by atoms with Crippen LogP contribution in [0.25, 0.3) is 0 Å². The minimum Gasteiger partial charge on any atom is -0.810 e. The fraction of sp³-hybridized carbons (Fsp3) is 0.0667. The van der Waals surface area contributed by atoms with Gasteiger partial charge >= 0.3 is 88.7 Å². The number of benzene rings is 2. The van der Waals surface area contributed by atoms with Crippen molar-refractivity contribution in [2.75, 3.05) is 5.32 Å². The molecule has 0 spiro atoms. The summed E-state index contributed by atoms with van der Waals surface area (Å²) in [7, 11) is -4.66. The number of carbonyl (C=O) groups excluding carboxylic acids is 2. The van der Waals surface area contributed by atoms with E-state index >= 15 is 0 Å². The third kappa shape index (κ3) is 9.15. The number of carboxylic acids is 1. The molecule has 0 aliphatic rings. The maximum Gasteiger partial charge on any atom is 1.00 e. The molecular weight excluding hydrogens is 390 g/mol. The number of carbonyl (C=O) groups is 2. The van der Waals surface area contributed by atoms with Crippen LogP contribution >= 0.6 is 7.60 Å². The van der Waals surface area contributed by atoms with E-state index in [0.717, 1.165) is 0 Å². The van der Waals surface area contributed by atoms with Crippen LogP contribution in [-0.2, 0) is 10.7 Å². The van der Waals surface area contributed by atoms with E-state index in [9.17, 15) is 29.0 Å². The Hall–Kier alpha value is 0.530. The van der Waals surface area contributed by atoms with Gasteiger partial charge in [-0.2, -0.15) is 0 Å². The number of rotatable bonds is 5. The molecule has 11 heteroatoms. The second-order valence-electron chi connectivity index (χ2n) is 4.75. The molecule has 1 N–H and O–H groups in total. The van der Waals surface area contributed by atoms with Crippen molar-refractivity contribution in [3.8, 4) is 0 Å². The molecule has 0 aliphatic heterocycles. The zero-order chi connectivity index (χ0) is 17.0. The summed E-state index contributed by atoms with van der Waals surface area (Å²) in [6, 6.07) is 11.2. The molecule has 0 saturated carbocycles. The topological polar surface area (TPSA) is 132 Å². The Morgan fingerprint density at radius 3 is 1.85 bits per heavy atom. The average Bonchev–Trinajstić information content (AvgIpc) is 2.47. The molecule has 120 valence electrons. The zero-order valence-corrected chi connectivity index (χ0v) is 21.6. The number of nitrogens with one attached hydrogen (secondary N) is 1. The van der Waals surface area contributed by atoms with Crippen molar-refractivity contribution in [2.24, 2.45) is 0 Å². The Morgan fingerprint density at radius 2 is 1.38 bits per heavy atom. The number of carboxylic acid groups (broad SMARTS) is 1. The molecule has 0 aromatic heterocycles. The molecule has 7 nitrogen and oxygen atoms in total. The van der Waals surface area contributed by atoms with Gasteiger partial charge in [-0.1, -0.05) is 37.9 Å².